The van der Waals surface area contributed by atoms with Crippen molar-refractivity contribution < 1.29 is 4.74 Å². The van der Waals surface area contributed by atoms with Crippen molar-refractivity contribution in [2.45, 2.75) is 13.0 Å². The minimum Gasteiger partial charge on any atom is -0.397 e. The van der Waals surface area contributed by atoms with Gasteiger partial charge in [-0.25, -0.2) is 0 Å². The molecule has 1 saturated heterocycles. The highest BCUT2D eigenvalue weighted by Crippen LogP contribution is 2.17. The molecule has 2 rings (SSSR count). The fourth-order valence-corrected chi connectivity index (χ4v) is 2.07. The molecule has 1 aliphatic rings. The standard InChI is InChI=1S/C13H21N3O/c1-2-16-7-8-17-11(10-16)9-15-13-6-4-3-5-12(13)14/h3-6,11,15H,2,7-10,14H2,1H3. The first-order chi connectivity index (χ1) is 8.29. The lowest BCUT2D eigenvalue weighted by Crippen LogP contribution is -2.45. The lowest BCUT2D eigenvalue weighted by atomic mass is 10.2. The zero-order valence-corrected chi connectivity index (χ0v) is 10.4. The van der Waals surface area contributed by atoms with E-state index in [9.17, 15) is 0 Å². The molecule has 3 N–H and O–H groups in total. The number of benzene rings is 1. The Hall–Kier alpha value is -1.26. The molecule has 0 bridgehead atoms. The van der Waals surface area contributed by atoms with Crippen LogP contribution in [0.2, 0.25) is 0 Å². The van der Waals surface area contributed by atoms with Crippen molar-refractivity contribution >= 4 is 11.4 Å². The second-order valence-electron chi connectivity index (χ2n) is 4.35. The molecule has 4 heteroatoms. The van der Waals surface area contributed by atoms with E-state index in [1.807, 2.05) is 24.3 Å². The van der Waals surface area contributed by atoms with E-state index in [2.05, 4.69) is 17.1 Å². The number of para-hydroxylation sites is 2. The average Bonchev–Trinajstić information content (AvgIpc) is 2.38. The molecule has 4 nitrogen and oxygen atoms in total. The van der Waals surface area contributed by atoms with Crippen LogP contribution < -0.4 is 11.1 Å². The van der Waals surface area contributed by atoms with E-state index in [4.69, 9.17) is 10.5 Å². The average molecular weight is 235 g/mol. The van der Waals surface area contributed by atoms with Gasteiger partial charge in [0.2, 0.25) is 0 Å². The van der Waals surface area contributed by atoms with Crippen LogP contribution in [-0.2, 0) is 4.74 Å². The quantitative estimate of drug-likeness (QED) is 0.775. The summed E-state index contributed by atoms with van der Waals surface area (Å²) in [4.78, 5) is 2.41. The number of hydrogen-bond donors (Lipinski definition) is 2. The van der Waals surface area contributed by atoms with Crippen LogP contribution in [0.1, 0.15) is 6.92 Å². The van der Waals surface area contributed by atoms with Crippen molar-refractivity contribution in [3.63, 3.8) is 0 Å². The smallest absolute Gasteiger partial charge is 0.0874 e. The number of rotatable bonds is 4. The maximum Gasteiger partial charge on any atom is 0.0874 e. The summed E-state index contributed by atoms with van der Waals surface area (Å²) in [6.07, 6.45) is 0.253. The van der Waals surface area contributed by atoms with Crippen LogP contribution in [0.3, 0.4) is 0 Å². The first kappa shape index (κ1) is 12.2. The zero-order chi connectivity index (χ0) is 12.1. The number of nitrogens with zero attached hydrogens (tertiary/aromatic N) is 1. The lowest BCUT2D eigenvalue weighted by molar-refractivity contribution is -0.0191. The first-order valence-corrected chi connectivity index (χ1v) is 6.22. The second kappa shape index (κ2) is 5.89. The van der Waals surface area contributed by atoms with E-state index in [0.29, 0.717) is 0 Å². The van der Waals surface area contributed by atoms with Gasteiger partial charge in [0.15, 0.2) is 0 Å². The Morgan fingerprint density at radius 1 is 1.47 bits per heavy atom. The maximum atomic E-state index is 5.88. The van der Waals surface area contributed by atoms with Crippen LogP contribution in [0.4, 0.5) is 11.4 Å². The first-order valence-electron chi connectivity index (χ1n) is 6.22. The second-order valence-corrected chi connectivity index (χ2v) is 4.35. The number of anilines is 2. The van der Waals surface area contributed by atoms with Gasteiger partial charge < -0.3 is 15.8 Å². The van der Waals surface area contributed by atoms with Gasteiger partial charge in [-0.3, -0.25) is 4.90 Å². The molecule has 0 aromatic heterocycles. The SMILES string of the molecule is CCN1CCOC(CNc2ccccc2N)C1. The van der Waals surface area contributed by atoms with Gasteiger partial charge in [0.1, 0.15) is 0 Å². The van der Waals surface area contributed by atoms with Crippen molar-refractivity contribution in [3.05, 3.63) is 24.3 Å². The van der Waals surface area contributed by atoms with Gasteiger partial charge in [0, 0.05) is 19.6 Å². The molecule has 0 spiro atoms. The molecule has 1 atom stereocenters. The van der Waals surface area contributed by atoms with Crippen molar-refractivity contribution in [2.24, 2.45) is 0 Å². The normalized spacial score (nSPS) is 21.4. The van der Waals surface area contributed by atoms with E-state index in [1.54, 1.807) is 0 Å². The molecule has 1 aromatic rings. The summed E-state index contributed by atoms with van der Waals surface area (Å²) in [5.41, 5.74) is 7.65. The third-order valence-electron chi connectivity index (χ3n) is 3.15. The Morgan fingerprint density at radius 2 is 2.29 bits per heavy atom. The monoisotopic (exact) mass is 235 g/mol. The number of hydrogen-bond acceptors (Lipinski definition) is 4. The molecule has 1 unspecified atom stereocenters. The molecular weight excluding hydrogens is 214 g/mol. The van der Waals surface area contributed by atoms with Gasteiger partial charge in [-0.15, -0.1) is 0 Å². The number of likely N-dealkylation sites (N-methyl/N-ethyl adjacent to an activating group) is 1. The molecule has 0 radical (unpaired) electrons. The molecular formula is C13H21N3O. The zero-order valence-electron chi connectivity index (χ0n) is 10.4. The van der Waals surface area contributed by atoms with E-state index in [1.165, 1.54) is 0 Å². The van der Waals surface area contributed by atoms with E-state index in [0.717, 1.165) is 44.2 Å². The third kappa shape index (κ3) is 3.35. The van der Waals surface area contributed by atoms with Crippen LogP contribution in [0.25, 0.3) is 0 Å². The molecule has 1 aliphatic heterocycles. The molecule has 17 heavy (non-hydrogen) atoms. The number of nitrogen functional groups attached to an aromatic ring is 1. The van der Waals surface area contributed by atoms with Gasteiger partial charge in [-0.1, -0.05) is 19.1 Å². The summed E-state index contributed by atoms with van der Waals surface area (Å²) in [6.45, 7) is 6.95. The van der Waals surface area contributed by atoms with Crippen molar-refractivity contribution in [2.75, 3.05) is 43.8 Å². The molecule has 0 aliphatic carbocycles. The number of morpholine rings is 1. The number of nitrogens with one attached hydrogen (secondary N) is 1. The largest absolute Gasteiger partial charge is 0.397 e. The summed E-state index contributed by atoms with van der Waals surface area (Å²) in [5, 5.41) is 3.35. The van der Waals surface area contributed by atoms with Crippen molar-refractivity contribution in [1.82, 2.24) is 4.90 Å². The van der Waals surface area contributed by atoms with Gasteiger partial charge in [-0.05, 0) is 18.7 Å². The van der Waals surface area contributed by atoms with Gasteiger partial charge >= 0.3 is 0 Å². The van der Waals surface area contributed by atoms with Crippen LogP contribution >= 0.6 is 0 Å². The minimum absolute atomic E-state index is 0.253. The van der Waals surface area contributed by atoms with E-state index >= 15 is 0 Å². The lowest BCUT2D eigenvalue weighted by Gasteiger charge is -2.32. The van der Waals surface area contributed by atoms with Crippen molar-refractivity contribution in [3.8, 4) is 0 Å². The Bertz CT molecular complexity index is 356. The highest BCUT2D eigenvalue weighted by atomic mass is 16.5. The van der Waals surface area contributed by atoms with Crippen LogP contribution in [0.5, 0.6) is 0 Å². The summed E-state index contributed by atoms with van der Waals surface area (Å²) in [5.74, 6) is 0. The van der Waals surface area contributed by atoms with E-state index < -0.39 is 0 Å². The maximum absolute atomic E-state index is 5.88. The van der Waals surface area contributed by atoms with Crippen LogP contribution in [0, 0.1) is 0 Å². The summed E-state index contributed by atoms with van der Waals surface area (Å²) < 4.78 is 5.73. The predicted octanol–water partition coefficient (Wildman–Crippen LogP) is 1.40. The minimum atomic E-state index is 0.253. The fourth-order valence-electron chi connectivity index (χ4n) is 2.07. The fraction of sp³-hybridized carbons (Fsp3) is 0.538. The highest BCUT2D eigenvalue weighted by molar-refractivity contribution is 5.65. The third-order valence-corrected chi connectivity index (χ3v) is 3.15. The Labute approximate surface area is 103 Å². The molecule has 1 heterocycles. The Kier molecular flexibility index (Phi) is 4.23. The van der Waals surface area contributed by atoms with Crippen molar-refractivity contribution in [1.29, 1.82) is 0 Å². The molecule has 94 valence electrons. The molecule has 0 saturated carbocycles. The molecule has 0 amide bonds. The Balaban J connectivity index is 1.84. The molecule has 1 fully saturated rings. The number of ether oxygens (including phenoxy) is 1. The van der Waals surface area contributed by atoms with Gasteiger partial charge in [0.05, 0.1) is 24.1 Å². The van der Waals surface area contributed by atoms with Gasteiger partial charge in [0.25, 0.3) is 0 Å². The van der Waals surface area contributed by atoms with Crippen LogP contribution in [-0.4, -0.2) is 43.8 Å². The number of nitrogens with two attached hydrogens (primary N) is 1. The Morgan fingerprint density at radius 3 is 3.06 bits per heavy atom. The van der Waals surface area contributed by atoms with Gasteiger partial charge in [-0.2, -0.15) is 0 Å². The highest BCUT2D eigenvalue weighted by Gasteiger charge is 2.18. The summed E-state index contributed by atoms with van der Waals surface area (Å²) >= 11 is 0. The predicted molar refractivity (Wildman–Crippen MR) is 71.2 cm³/mol. The summed E-state index contributed by atoms with van der Waals surface area (Å²) in [6, 6.07) is 7.83. The van der Waals surface area contributed by atoms with E-state index in [-0.39, 0.29) is 6.10 Å². The summed E-state index contributed by atoms with van der Waals surface area (Å²) in [7, 11) is 0. The topological polar surface area (TPSA) is 50.5 Å². The van der Waals surface area contributed by atoms with Crippen LogP contribution in [0.15, 0.2) is 24.3 Å². The molecule has 1 aromatic carbocycles.